The van der Waals surface area contributed by atoms with Gasteiger partial charge in [0, 0.05) is 5.69 Å². The van der Waals surface area contributed by atoms with Crippen LogP contribution in [0, 0.1) is 0 Å². The average molecular weight is 295 g/mol. The molecule has 1 N–H and O–H groups in total. The molecule has 2 rings (SSSR count). The molecule has 0 fully saturated rings. The molecule has 2 aromatic carbocycles. The topological polar surface area (TPSA) is 29.1 Å². The van der Waals surface area contributed by atoms with Crippen LogP contribution in [0.2, 0.25) is 0 Å². The summed E-state index contributed by atoms with van der Waals surface area (Å²) in [6.45, 7) is 8.59. The molecule has 0 aliphatic rings. The monoisotopic (exact) mass is 295 g/mol. The van der Waals surface area contributed by atoms with E-state index in [1.807, 2.05) is 49.4 Å². The van der Waals surface area contributed by atoms with E-state index >= 15 is 0 Å². The van der Waals surface area contributed by atoms with E-state index in [0.717, 1.165) is 17.7 Å². The lowest BCUT2D eigenvalue weighted by molar-refractivity contribution is -0.117. The zero-order valence-electron chi connectivity index (χ0n) is 13.9. The fourth-order valence-electron chi connectivity index (χ4n) is 2.54. The maximum atomic E-state index is 12.5. The van der Waals surface area contributed by atoms with Crippen molar-refractivity contribution in [2.45, 2.75) is 45.4 Å². The van der Waals surface area contributed by atoms with Crippen molar-refractivity contribution in [3.63, 3.8) is 0 Å². The van der Waals surface area contributed by atoms with Gasteiger partial charge in [0.1, 0.15) is 0 Å². The summed E-state index contributed by atoms with van der Waals surface area (Å²) in [5.74, 6) is -0.0549. The molecule has 0 aliphatic carbocycles. The van der Waals surface area contributed by atoms with Gasteiger partial charge in [-0.3, -0.25) is 4.79 Å². The summed E-state index contributed by atoms with van der Waals surface area (Å²) < 4.78 is 0. The Kier molecular flexibility index (Phi) is 5.02. The molecule has 0 unspecified atom stereocenters. The number of benzene rings is 2. The Morgan fingerprint density at radius 1 is 1.00 bits per heavy atom. The van der Waals surface area contributed by atoms with Crippen molar-refractivity contribution in [2.75, 3.05) is 5.32 Å². The fraction of sp³-hybridized carbons (Fsp3) is 0.350. The van der Waals surface area contributed by atoms with Crippen LogP contribution in [0.5, 0.6) is 0 Å². The van der Waals surface area contributed by atoms with Gasteiger partial charge in [0.2, 0.25) is 5.91 Å². The first-order valence-corrected chi connectivity index (χ1v) is 7.88. The number of amides is 1. The molecule has 2 heteroatoms. The highest BCUT2D eigenvalue weighted by Gasteiger charge is 2.19. The summed E-state index contributed by atoms with van der Waals surface area (Å²) >= 11 is 0. The first kappa shape index (κ1) is 16.3. The van der Waals surface area contributed by atoms with Crippen molar-refractivity contribution in [1.82, 2.24) is 0 Å². The van der Waals surface area contributed by atoms with E-state index in [1.165, 1.54) is 5.56 Å². The van der Waals surface area contributed by atoms with Crippen LogP contribution >= 0.6 is 0 Å². The number of carbonyl (C=O) groups is 1. The first-order valence-electron chi connectivity index (χ1n) is 7.88. The molecule has 0 bridgehead atoms. The Balaban J connectivity index is 2.11. The van der Waals surface area contributed by atoms with Gasteiger partial charge in [0.25, 0.3) is 0 Å². The molecule has 0 radical (unpaired) electrons. The van der Waals surface area contributed by atoms with Gasteiger partial charge >= 0.3 is 0 Å². The van der Waals surface area contributed by atoms with Gasteiger partial charge in [-0.2, -0.15) is 0 Å². The highest BCUT2D eigenvalue weighted by Crippen LogP contribution is 2.25. The van der Waals surface area contributed by atoms with E-state index in [-0.39, 0.29) is 17.2 Å². The quantitative estimate of drug-likeness (QED) is 0.833. The van der Waals surface area contributed by atoms with E-state index in [1.54, 1.807) is 0 Å². The SMILES string of the molecule is CC[C@@H](C(=O)Nc1ccc(C(C)(C)C)cc1)c1ccccc1. The van der Waals surface area contributed by atoms with Gasteiger partial charge in [0.15, 0.2) is 0 Å². The smallest absolute Gasteiger partial charge is 0.231 e. The lowest BCUT2D eigenvalue weighted by atomic mass is 9.87. The molecule has 2 aromatic rings. The summed E-state index contributed by atoms with van der Waals surface area (Å²) in [6, 6.07) is 18.1. The Labute approximate surface area is 133 Å². The molecule has 0 saturated carbocycles. The lowest BCUT2D eigenvalue weighted by Crippen LogP contribution is -2.20. The number of nitrogens with one attached hydrogen (secondary N) is 1. The highest BCUT2D eigenvalue weighted by molar-refractivity contribution is 5.95. The minimum Gasteiger partial charge on any atom is -0.326 e. The molecule has 0 aromatic heterocycles. The van der Waals surface area contributed by atoms with Crippen molar-refractivity contribution in [1.29, 1.82) is 0 Å². The normalized spacial score (nSPS) is 12.7. The third-order valence-corrected chi connectivity index (χ3v) is 3.95. The number of hydrogen-bond acceptors (Lipinski definition) is 1. The second-order valence-electron chi connectivity index (χ2n) is 6.69. The standard InChI is InChI=1S/C20H25NO/c1-5-18(15-9-7-6-8-10-15)19(22)21-17-13-11-16(12-14-17)20(2,3)4/h6-14,18H,5H2,1-4H3,(H,21,22)/t18-/m1/s1. The van der Waals surface area contributed by atoms with Gasteiger partial charge < -0.3 is 5.32 Å². The minimum absolute atomic E-state index is 0.0530. The summed E-state index contributed by atoms with van der Waals surface area (Å²) in [5, 5.41) is 3.03. The van der Waals surface area contributed by atoms with Gasteiger partial charge in [-0.1, -0.05) is 70.2 Å². The van der Waals surface area contributed by atoms with Crippen LogP contribution < -0.4 is 5.32 Å². The molecule has 0 saturated heterocycles. The molecule has 1 amide bonds. The fourth-order valence-corrected chi connectivity index (χ4v) is 2.54. The zero-order valence-corrected chi connectivity index (χ0v) is 13.9. The maximum absolute atomic E-state index is 12.5. The summed E-state index contributed by atoms with van der Waals surface area (Å²) in [6.07, 6.45) is 0.788. The molecule has 116 valence electrons. The van der Waals surface area contributed by atoms with Crippen LogP contribution in [-0.2, 0) is 10.2 Å². The van der Waals surface area contributed by atoms with Crippen LogP contribution in [-0.4, -0.2) is 5.91 Å². The zero-order chi connectivity index (χ0) is 16.2. The van der Waals surface area contributed by atoms with Crippen LogP contribution in [0.15, 0.2) is 54.6 Å². The number of hydrogen-bond donors (Lipinski definition) is 1. The Hall–Kier alpha value is -2.09. The van der Waals surface area contributed by atoms with E-state index in [2.05, 4.69) is 38.2 Å². The second-order valence-corrected chi connectivity index (χ2v) is 6.69. The molecule has 0 aliphatic heterocycles. The summed E-state index contributed by atoms with van der Waals surface area (Å²) in [7, 11) is 0. The van der Waals surface area contributed by atoms with Crippen LogP contribution in [0.1, 0.15) is 51.2 Å². The minimum atomic E-state index is -0.108. The van der Waals surface area contributed by atoms with Gasteiger partial charge in [-0.15, -0.1) is 0 Å². The van der Waals surface area contributed by atoms with Crippen LogP contribution in [0.25, 0.3) is 0 Å². The summed E-state index contributed by atoms with van der Waals surface area (Å²) in [4.78, 5) is 12.5. The maximum Gasteiger partial charge on any atom is 0.231 e. The molecule has 1 atom stereocenters. The van der Waals surface area contributed by atoms with Crippen molar-refractivity contribution < 1.29 is 4.79 Å². The predicted molar refractivity (Wildman–Crippen MR) is 93.2 cm³/mol. The lowest BCUT2D eigenvalue weighted by Gasteiger charge is -2.20. The molecular weight excluding hydrogens is 270 g/mol. The second kappa shape index (κ2) is 6.78. The molecule has 2 nitrogen and oxygen atoms in total. The van der Waals surface area contributed by atoms with Gasteiger partial charge in [0.05, 0.1) is 5.92 Å². The first-order chi connectivity index (χ1) is 10.4. The molecule has 0 spiro atoms. The van der Waals surface area contributed by atoms with Crippen LogP contribution in [0.3, 0.4) is 0 Å². The predicted octanol–water partition coefficient (Wildman–Crippen LogP) is 5.12. The average Bonchev–Trinajstić information content (AvgIpc) is 2.48. The van der Waals surface area contributed by atoms with Crippen molar-refractivity contribution in [3.8, 4) is 0 Å². The molecule has 22 heavy (non-hydrogen) atoms. The Morgan fingerprint density at radius 3 is 2.09 bits per heavy atom. The van der Waals surface area contributed by atoms with Crippen molar-refractivity contribution >= 4 is 11.6 Å². The van der Waals surface area contributed by atoms with Crippen LogP contribution in [0.4, 0.5) is 5.69 Å². The van der Waals surface area contributed by atoms with E-state index < -0.39 is 0 Å². The largest absolute Gasteiger partial charge is 0.326 e. The molecule has 0 heterocycles. The van der Waals surface area contributed by atoms with E-state index in [9.17, 15) is 4.79 Å². The van der Waals surface area contributed by atoms with Gasteiger partial charge in [-0.25, -0.2) is 0 Å². The number of carbonyl (C=O) groups excluding carboxylic acids is 1. The van der Waals surface area contributed by atoms with E-state index in [0.29, 0.717) is 0 Å². The van der Waals surface area contributed by atoms with Gasteiger partial charge in [-0.05, 0) is 35.1 Å². The molecular formula is C20H25NO. The number of anilines is 1. The van der Waals surface area contributed by atoms with E-state index in [4.69, 9.17) is 0 Å². The Bertz CT molecular complexity index is 608. The third kappa shape index (κ3) is 3.97. The third-order valence-electron chi connectivity index (χ3n) is 3.95. The number of rotatable bonds is 4. The summed E-state index contributed by atoms with van der Waals surface area (Å²) in [5.41, 5.74) is 3.31. The van der Waals surface area contributed by atoms with Crippen molar-refractivity contribution in [3.05, 3.63) is 65.7 Å². The Morgan fingerprint density at radius 2 is 1.59 bits per heavy atom. The van der Waals surface area contributed by atoms with Crippen molar-refractivity contribution in [2.24, 2.45) is 0 Å². The highest BCUT2D eigenvalue weighted by atomic mass is 16.1.